The van der Waals surface area contributed by atoms with E-state index in [0.29, 0.717) is 24.7 Å². The highest BCUT2D eigenvalue weighted by Gasteiger charge is 2.22. The van der Waals surface area contributed by atoms with E-state index >= 15 is 0 Å². The zero-order chi connectivity index (χ0) is 14.5. The molecule has 5 nitrogen and oxygen atoms in total. The van der Waals surface area contributed by atoms with Crippen molar-refractivity contribution < 1.29 is 14.3 Å². The quantitative estimate of drug-likeness (QED) is 0.769. The smallest absolute Gasteiger partial charge is 0.243 e. The van der Waals surface area contributed by atoms with Gasteiger partial charge < -0.3 is 20.5 Å². The van der Waals surface area contributed by atoms with Crippen LogP contribution in [0.2, 0.25) is 0 Å². The van der Waals surface area contributed by atoms with Crippen LogP contribution in [-0.4, -0.2) is 31.8 Å². The third-order valence-corrected chi connectivity index (χ3v) is 2.52. The Morgan fingerprint density at radius 1 is 1.37 bits per heavy atom. The fourth-order valence-electron chi connectivity index (χ4n) is 1.37. The van der Waals surface area contributed by atoms with Gasteiger partial charge in [-0.1, -0.05) is 6.07 Å². The number of hydrogen-bond acceptors (Lipinski definition) is 4. The molecule has 0 unspecified atom stereocenters. The SMILES string of the molecule is COCCOc1cc(C)ccc1NC(=O)C(C)(C)N. The highest BCUT2D eigenvalue weighted by atomic mass is 16.5. The van der Waals surface area contributed by atoms with Gasteiger partial charge in [0.25, 0.3) is 0 Å². The second-order valence-corrected chi connectivity index (χ2v) is 5.02. The Labute approximate surface area is 114 Å². The minimum absolute atomic E-state index is 0.257. The molecule has 0 aliphatic heterocycles. The van der Waals surface area contributed by atoms with Crippen molar-refractivity contribution in [1.29, 1.82) is 0 Å². The average Bonchev–Trinajstić information content (AvgIpc) is 2.31. The van der Waals surface area contributed by atoms with Gasteiger partial charge in [0.1, 0.15) is 12.4 Å². The average molecular weight is 266 g/mol. The number of methoxy groups -OCH3 is 1. The van der Waals surface area contributed by atoms with Gasteiger partial charge >= 0.3 is 0 Å². The first-order chi connectivity index (χ1) is 8.84. The van der Waals surface area contributed by atoms with Crippen molar-refractivity contribution in [2.24, 2.45) is 5.73 Å². The van der Waals surface area contributed by atoms with Gasteiger partial charge in [0, 0.05) is 7.11 Å². The molecule has 3 N–H and O–H groups in total. The molecule has 0 spiro atoms. The van der Waals surface area contributed by atoms with Crippen LogP contribution >= 0.6 is 0 Å². The highest BCUT2D eigenvalue weighted by molar-refractivity contribution is 5.98. The lowest BCUT2D eigenvalue weighted by molar-refractivity contribution is -0.120. The van der Waals surface area contributed by atoms with Gasteiger partial charge in [0.2, 0.25) is 5.91 Å². The van der Waals surface area contributed by atoms with Gasteiger partial charge in [0.15, 0.2) is 0 Å². The van der Waals surface area contributed by atoms with Gasteiger partial charge in [-0.15, -0.1) is 0 Å². The van der Waals surface area contributed by atoms with E-state index in [1.165, 1.54) is 0 Å². The number of benzene rings is 1. The molecule has 1 rings (SSSR count). The molecule has 0 saturated heterocycles. The van der Waals surface area contributed by atoms with E-state index < -0.39 is 5.54 Å². The molecule has 0 fully saturated rings. The topological polar surface area (TPSA) is 73.6 Å². The summed E-state index contributed by atoms with van der Waals surface area (Å²) in [5.74, 6) is 0.364. The number of carbonyl (C=O) groups is 1. The molecule has 1 amide bonds. The number of nitrogens with two attached hydrogens (primary N) is 1. The predicted molar refractivity (Wildman–Crippen MR) is 75.4 cm³/mol. The number of rotatable bonds is 6. The molecule has 1 aromatic carbocycles. The molecule has 1 aromatic rings. The van der Waals surface area contributed by atoms with Crippen molar-refractivity contribution in [3.63, 3.8) is 0 Å². The Bertz CT molecular complexity index is 439. The van der Waals surface area contributed by atoms with Gasteiger partial charge in [0.05, 0.1) is 17.8 Å². The van der Waals surface area contributed by atoms with Gasteiger partial charge in [-0.3, -0.25) is 4.79 Å². The van der Waals surface area contributed by atoms with Crippen molar-refractivity contribution in [3.8, 4) is 5.75 Å². The number of aryl methyl sites for hydroxylation is 1. The van der Waals surface area contributed by atoms with Crippen LogP contribution in [0, 0.1) is 6.92 Å². The Kier molecular flexibility index (Phi) is 5.32. The summed E-state index contributed by atoms with van der Waals surface area (Å²) in [6.07, 6.45) is 0. The molecular weight excluding hydrogens is 244 g/mol. The lowest BCUT2D eigenvalue weighted by Gasteiger charge is -2.19. The largest absolute Gasteiger partial charge is 0.489 e. The Balaban J connectivity index is 2.84. The summed E-state index contributed by atoms with van der Waals surface area (Å²) < 4.78 is 10.5. The normalized spacial score (nSPS) is 11.2. The number of carbonyl (C=O) groups excluding carboxylic acids is 1. The molecule has 0 aromatic heterocycles. The van der Waals surface area contributed by atoms with Crippen LogP contribution < -0.4 is 15.8 Å². The summed E-state index contributed by atoms with van der Waals surface area (Å²) in [7, 11) is 1.61. The Morgan fingerprint density at radius 2 is 2.05 bits per heavy atom. The monoisotopic (exact) mass is 266 g/mol. The highest BCUT2D eigenvalue weighted by Crippen LogP contribution is 2.26. The van der Waals surface area contributed by atoms with Crippen LogP contribution in [0.1, 0.15) is 19.4 Å². The Hall–Kier alpha value is -1.59. The van der Waals surface area contributed by atoms with Gasteiger partial charge in [-0.05, 0) is 38.5 Å². The standard InChI is InChI=1S/C14H22N2O3/c1-10-5-6-11(16-13(17)14(2,3)15)12(9-10)19-8-7-18-4/h5-6,9H,7-8,15H2,1-4H3,(H,16,17). The van der Waals surface area contributed by atoms with Crippen LogP contribution in [-0.2, 0) is 9.53 Å². The minimum atomic E-state index is -0.936. The van der Waals surface area contributed by atoms with Crippen LogP contribution in [0.25, 0.3) is 0 Å². The van der Waals surface area contributed by atoms with E-state index in [2.05, 4.69) is 5.32 Å². The molecule has 0 saturated carbocycles. The van der Waals surface area contributed by atoms with Gasteiger partial charge in [-0.25, -0.2) is 0 Å². The molecule has 0 bridgehead atoms. The maximum atomic E-state index is 11.9. The third kappa shape index (κ3) is 4.89. The van der Waals surface area contributed by atoms with Crippen LogP contribution in [0.15, 0.2) is 18.2 Å². The first-order valence-corrected chi connectivity index (χ1v) is 6.17. The molecular formula is C14H22N2O3. The van der Waals surface area contributed by atoms with Crippen molar-refractivity contribution in [3.05, 3.63) is 23.8 Å². The zero-order valence-corrected chi connectivity index (χ0v) is 11.9. The second kappa shape index (κ2) is 6.54. The number of nitrogens with one attached hydrogen (secondary N) is 1. The third-order valence-electron chi connectivity index (χ3n) is 2.52. The van der Waals surface area contributed by atoms with Crippen LogP contribution in [0.3, 0.4) is 0 Å². The van der Waals surface area contributed by atoms with E-state index in [-0.39, 0.29) is 5.91 Å². The Morgan fingerprint density at radius 3 is 2.63 bits per heavy atom. The number of amides is 1. The van der Waals surface area contributed by atoms with E-state index in [4.69, 9.17) is 15.2 Å². The lowest BCUT2D eigenvalue weighted by atomic mass is 10.1. The summed E-state index contributed by atoms with van der Waals surface area (Å²) in [6, 6.07) is 5.58. The van der Waals surface area contributed by atoms with E-state index in [1.807, 2.05) is 19.1 Å². The fourth-order valence-corrected chi connectivity index (χ4v) is 1.37. The van der Waals surface area contributed by atoms with Crippen molar-refractivity contribution >= 4 is 11.6 Å². The number of hydrogen-bond donors (Lipinski definition) is 2. The second-order valence-electron chi connectivity index (χ2n) is 5.02. The summed E-state index contributed by atoms with van der Waals surface area (Å²) in [6.45, 7) is 6.18. The van der Waals surface area contributed by atoms with E-state index in [9.17, 15) is 4.79 Å². The first kappa shape index (κ1) is 15.5. The molecule has 19 heavy (non-hydrogen) atoms. The minimum Gasteiger partial charge on any atom is -0.489 e. The zero-order valence-electron chi connectivity index (χ0n) is 11.9. The molecule has 0 heterocycles. The summed E-state index contributed by atoms with van der Waals surface area (Å²) >= 11 is 0. The van der Waals surface area contributed by atoms with Crippen molar-refractivity contribution in [2.75, 3.05) is 25.6 Å². The molecule has 5 heteroatoms. The summed E-state index contributed by atoms with van der Waals surface area (Å²) in [5.41, 5.74) is 6.49. The van der Waals surface area contributed by atoms with Crippen LogP contribution in [0.4, 0.5) is 5.69 Å². The number of anilines is 1. The maximum absolute atomic E-state index is 11.9. The van der Waals surface area contributed by atoms with Crippen LogP contribution in [0.5, 0.6) is 5.75 Å². The van der Waals surface area contributed by atoms with Gasteiger partial charge in [-0.2, -0.15) is 0 Å². The van der Waals surface area contributed by atoms with Crippen molar-refractivity contribution in [2.45, 2.75) is 26.3 Å². The predicted octanol–water partition coefficient (Wildman–Crippen LogP) is 1.70. The molecule has 0 aliphatic rings. The molecule has 0 aliphatic carbocycles. The van der Waals surface area contributed by atoms with E-state index in [0.717, 1.165) is 5.56 Å². The molecule has 0 atom stereocenters. The fraction of sp³-hybridized carbons (Fsp3) is 0.500. The van der Waals surface area contributed by atoms with E-state index in [1.54, 1.807) is 27.0 Å². The first-order valence-electron chi connectivity index (χ1n) is 6.17. The molecule has 106 valence electrons. The summed E-state index contributed by atoms with van der Waals surface area (Å²) in [4.78, 5) is 11.9. The maximum Gasteiger partial charge on any atom is 0.243 e. The molecule has 0 radical (unpaired) electrons. The summed E-state index contributed by atoms with van der Waals surface area (Å²) in [5, 5.41) is 2.77. The van der Waals surface area contributed by atoms with Crippen molar-refractivity contribution in [1.82, 2.24) is 0 Å². The lowest BCUT2D eigenvalue weighted by Crippen LogP contribution is -2.45. The number of ether oxygens (including phenoxy) is 2.